The van der Waals surface area contributed by atoms with Gasteiger partial charge < -0.3 is 0 Å². The topological polar surface area (TPSA) is 20.3 Å². The predicted octanol–water partition coefficient (Wildman–Crippen LogP) is 3.44. The Bertz CT molecular complexity index is 269. The van der Waals surface area contributed by atoms with Gasteiger partial charge in [0, 0.05) is 12.0 Å². The van der Waals surface area contributed by atoms with Gasteiger partial charge in [-0.25, -0.2) is 0 Å². The van der Waals surface area contributed by atoms with Gasteiger partial charge >= 0.3 is 0 Å². The van der Waals surface area contributed by atoms with Crippen molar-refractivity contribution >= 4 is 5.78 Å². The van der Waals surface area contributed by atoms with Crippen LogP contribution in [0.2, 0.25) is 0 Å². The fourth-order valence-electron chi connectivity index (χ4n) is 2.26. The summed E-state index contributed by atoms with van der Waals surface area (Å²) in [5.41, 5.74) is -0.480. The van der Waals surface area contributed by atoms with Gasteiger partial charge in [-0.05, 0) is 33.7 Å². The van der Waals surface area contributed by atoms with Crippen LogP contribution in [0.5, 0.6) is 0 Å². The van der Waals surface area contributed by atoms with Crippen LogP contribution in [0.25, 0.3) is 0 Å². The van der Waals surface area contributed by atoms with E-state index in [1.807, 2.05) is 33.0 Å². The van der Waals surface area contributed by atoms with Crippen LogP contribution in [0, 0.1) is 5.92 Å². The van der Waals surface area contributed by atoms with E-state index in [4.69, 9.17) is 0 Å². The van der Waals surface area contributed by atoms with Crippen molar-refractivity contribution < 1.29 is 4.79 Å². The fraction of sp³-hybridized carbons (Fsp3) is 0.667. The molecule has 0 amide bonds. The van der Waals surface area contributed by atoms with E-state index in [1.54, 1.807) is 0 Å². The quantitative estimate of drug-likeness (QED) is 0.603. The number of Topliss-reactive ketones (excluding diaryl/α,β-unsaturated/α-hetero) is 1. The van der Waals surface area contributed by atoms with Gasteiger partial charge in [-0.1, -0.05) is 26.0 Å². The van der Waals surface area contributed by atoms with Crippen molar-refractivity contribution in [3.63, 3.8) is 0 Å². The molecule has 0 aromatic rings. The summed E-state index contributed by atoms with van der Waals surface area (Å²) < 4.78 is 0. The second-order valence-electron chi connectivity index (χ2n) is 5.24. The van der Waals surface area contributed by atoms with Gasteiger partial charge in [0.25, 0.3) is 0 Å². The van der Waals surface area contributed by atoms with Gasteiger partial charge in [-0.3, -0.25) is 9.69 Å². The third-order valence-electron chi connectivity index (χ3n) is 3.40. The molecular weight excluding hydrogens is 210 g/mol. The lowest BCUT2D eigenvalue weighted by molar-refractivity contribution is -0.134. The Kier molecular flexibility index (Phi) is 6.40. The first-order chi connectivity index (χ1) is 7.83. The summed E-state index contributed by atoms with van der Waals surface area (Å²) in [5.74, 6) is 0.296. The molecular formula is C15H27NO. The highest BCUT2D eigenvalue weighted by atomic mass is 16.1. The number of likely N-dealkylation sites (N-methyl/N-ethyl adjacent to an activating group) is 1. The van der Waals surface area contributed by atoms with E-state index in [-0.39, 0.29) is 11.7 Å². The van der Waals surface area contributed by atoms with E-state index in [0.717, 1.165) is 0 Å². The molecule has 0 aliphatic heterocycles. The van der Waals surface area contributed by atoms with Crippen molar-refractivity contribution in [2.24, 2.45) is 5.92 Å². The highest BCUT2D eigenvalue weighted by Gasteiger charge is 2.41. The molecule has 0 saturated carbocycles. The van der Waals surface area contributed by atoms with Crippen LogP contribution in [-0.2, 0) is 4.79 Å². The first-order valence-electron chi connectivity index (χ1n) is 6.32. The Morgan fingerprint density at radius 1 is 1.18 bits per heavy atom. The fourth-order valence-corrected chi connectivity index (χ4v) is 2.26. The van der Waals surface area contributed by atoms with Crippen LogP contribution < -0.4 is 0 Å². The maximum Gasteiger partial charge on any atom is 0.156 e. The highest BCUT2D eigenvalue weighted by Crippen LogP contribution is 2.30. The van der Waals surface area contributed by atoms with Gasteiger partial charge in [0.05, 0.1) is 5.54 Å². The molecule has 2 nitrogen and oxygen atoms in total. The normalized spacial score (nSPS) is 12.2. The molecule has 0 aromatic carbocycles. The Labute approximate surface area is 106 Å². The van der Waals surface area contributed by atoms with E-state index < -0.39 is 5.54 Å². The average molecular weight is 237 g/mol. The molecule has 0 rings (SSSR count). The van der Waals surface area contributed by atoms with E-state index in [1.165, 1.54) is 0 Å². The van der Waals surface area contributed by atoms with Gasteiger partial charge in [0.1, 0.15) is 0 Å². The monoisotopic (exact) mass is 237 g/mol. The van der Waals surface area contributed by atoms with E-state index in [0.29, 0.717) is 18.9 Å². The van der Waals surface area contributed by atoms with Crippen LogP contribution in [0.1, 0.15) is 40.5 Å². The molecule has 0 N–H and O–H groups in total. The van der Waals surface area contributed by atoms with Crippen molar-refractivity contribution in [2.45, 2.75) is 52.1 Å². The third-order valence-corrected chi connectivity index (χ3v) is 3.40. The smallest absolute Gasteiger partial charge is 0.156 e. The Hall–Kier alpha value is -0.890. The maximum atomic E-state index is 12.6. The molecule has 17 heavy (non-hydrogen) atoms. The van der Waals surface area contributed by atoms with Crippen molar-refractivity contribution in [3.05, 3.63) is 25.3 Å². The zero-order chi connectivity index (χ0) is 13.6. The second kappa shape index (κ2) is 6.75. The molecule has 0 aromatic heterocycles. The zero-order valence-electron chi connectivity index (χ0n) is 12.0. The van der Waals surface area contributed by atoms with Crippen LogP contribution in [-0.4, -0.2) is 29.3 Å². The van der Waals surface area contributed by atoms with Gasteiger partial charge in [-0.2, -0.15) is 0 Å². The van der Waals surface area contributed by atoms with Crippen molar-refractivity contribution in [2.75, 3.05) is 7.05 Å². The Morgan fingerprint density at radius 2 is 1.59 bits per heavy atom. The first-order valence-corrected chi connectivity index (χ1v) is 6.32. The van der Waals surface area contributed by atoms with Crippen LogP contribution in [0.15, 0.2) is 25.3 Å². The van der Waals surface area contributed by atoms with Crippen molar-refractivity contribution in [1.29, 1.82) is 0 Å². The molecule has 0 atom stereocenters. The summed E-state index contributed by atoms with van der Waals surface area (Å²) in [7, 11) is 2.01. The SMILES string of the molecule is C=CCC(CC=C)(C(=O)C(C)C)N(C)C(C)C. The molecule has 0 heterocycles. The molecule has 0 fully saturated rings. The van der Waals surface area contributed by atoms with Crippen LogP contribution in [0.4, 0.5) is 0 Å². The highest BCUT2D eigenvalue weighted by molar-refractivity contribution is 5.90. The van der Waals surface area contributed by atoms with E-state index >= 15 is 0 Å². The summed E-state index contributed by atoms with van der Waals surface area (Å²) in [6.45, 7) is 15.7. The minimum atomic E-state index is -0.480. The largest absolute Gasteiger partial charge is 0.297 e. The van der Waals surface area contributed by atoms with Crippen LogP contribution in [0.3, 0.4) is 0 Å². The number of hydrogen-bond donors (Lipinski definition) is 0. The molecule has 98 valence electrons. The number of carbonyl (C=O) groups is 1. The number of nitrogens with zero attached hydrogens (tertiary/aromatic N) is 1. The van der Waals surface area contributed by atoms with Gasteiger partial charge in [-0.15, -0.1) is 13.2 Å². The summed E-state index contributed by atoms with van der Waals surface area (Å²) in [6, 6.07) is 0.317. The molecule has 0 bridgehead atoms. The lowest BCUT2D eigenvalue weighted by Gasteiger charge is -2.43. The summed E-state index contributed by atoms with van der Waals surface area (Å²) in [6.07, 6.45) is 5.01. The number of rotatable bonds is 8. The first kappa shape index (κ1) is 16.1. The molecule has 0 spiro atoms. The average Bonchev–Trinajstić information content (AvgIpc) is 2.26. The number of ketones is 1. The molecule has 0 aliphatic rings. The summed E-state index contributed by atoms with van der Waals surface area (Å²) in [5, 5.41) is 0. The number of hydrogen-bond acceptors (Lipinski definition) is 2. The molecule has 2 heteroatoms. The Balaban J connectivity index is 5.47. The molecule has 0 unspecified atom stereocenters. The summed E-state index contributed by atoms with van der Waals surface area (Å²) in [4.78, 5) is 14.7. The van der Waals surface area contributed by atoms with E-state index in [9.17, 15) is 4.79 Å². The lowest BCUT2D eigenvalue weighted by Crippen LogP contribution is -2.56. The molecule has 0 saturated heterocycles. The maximum absolute atomic E-state index is 12.6. The Morgan fingerprint density at radius 3 is 1.82 bits per heavy atom. The summed E-state index contributed by atoms with van der Waals surface area (Å²) >= 11 is 0. The minimum Gasteiger partial charge on any atom is -0.297 e. The van der Waals surface area contributed by atoms with E-state index in [2.05, 4.69) is 31.9 Å². The minimum absolute atomic E-state index is 0.0242. The molecule has 0 radical (unpaired) electrons. The van der Waals surface area contributed by atoms with Crippen LogP contribution >= 0.6 is 0 Å². The van der Waals surface area contributed by atoms with Crippen molar-refractivity contribution in [1.82, 2.24) is 4.90 Å². The second-order valence-corrected chi connectivity index (χ2v) is 5.24. The predicted molar refractivity (Wildman–Crippen MR) is 75.1 cm³/mol. The number of carbonyl (C=O) groups excluding carboxylic acids is 1. The van der Waals surface area contributed by atoms with Crippen molar-refractivity contribution in [3.8, 4) is 0 Å². The lowest BCUT2D eigenvalue weighted by atomic mass is 9.79. The van der Waals surface area contributed by atoms with Gasteiger partial charge in [0.2, 0.25) is 0 Å². The third kappa shape index (κ3) is 3.53. The molecule has 0 aliphatic carbocycles. The zero-order valence-corrected chi connectivity index (χ0v) is 12.0. The standard InChI is InChI=1S/C15H27NO/c1-8-10-15(11-9-2,14(17)12(3)4)16(7)13(5)6/h8-9,12-13H,1-2,10-11H2,3-7H3. The van der Waals surface area contributed by atoms with Gasteiger partial charge in [0.15, 0.2) is 5.78 Å².